The van der Waals surface area contributed by atoms with Gasteiger partial charge in [0.15, 0.2) is 5.82 Å². The molecule has 1 amide bonds. The summed E-state index contributed by atoms with van der Waals surface area (Å²) < 4.78 is 9.48. The number of carbonyl (C=O) groups excluding carboxylic acids is 1. The van der Waals surface area contributed by atoms with Gasteiger partial charge in [-0.05, 0) is 0 Å². The number of rotatable bonds is 7. The van der Waals surface area contributed by atoms with Gasteiger partial charge in [0.1, 0.15) is 6.61 Å². The minimum absolute atomic E-state index is 0.0312. The van der Waals surface area contributed by atoms with Crippen LogP contribution in [-0.4, -0.2) is 42.4 Å². The molecule has 0 atom stereocenters. The van der Waals surface area contributed by atoms with E-state index in [1.807, 2.05) is 0 Å². The van der Waals surface area contributed by atoms with Gasteiger partial charge in [-0.2, -0.15) is 4.98 Å². The average molecular weight is 214 g/mol. The van der Waals surface area contributed by atoms with E-state index in [-0.39, 0.29) is 12.5 Å². The number of ether oxygens (including phenoxy) is 1. The number of hydrogen-bond donors (Lipinski definition) is 2. The average Bonchev–Trinajstić information content (AvgIpc) is 2.71. The summed E-state index contributed by atoms with van der Waals surface area (Å²) in [5.41, 5.74) is 5.20. The van der Waals surface area contributed by atoms with Gasteiger partial charge in [0.05, 0.1) is 6.61 Å². The van der Waals surface area contributed by atoms with Crippen molar-refractivity contribution in [2.75, 3.05) is 26.3 Å². The molecule has 15 heavy (non-hydrogen) atoms. The monoisotopic (exact) mass is 214 g/mol. The van der Waals surface area contributed by atoms with Crippen LogP contribution in [0.5, 0.6) is 0 Å². The predicted octanol–water partition coefficient (Wildman–Crippen LogP) is -1.30. The van der Waals surface area contributed by atoms with Crippen LogP contribution in [0.15, 0.2) is 10.9 Å². The van der Waals surface area contributed by atoms with Crippen molar-refractivity contribution in [2.24, 2.45) is 5.73 Å². The summed E-state index contributed by atoms with van der Waals surface area (Å²) in [6.07, 6.45) is 1.79. The van der Waals surface area contributed by atoms with Crippen LogP contribution in [0, 0.1) is 0 Å². The third-order valence-corrected chi connectivity index (χ3v) is 1.57. The van der Waals surface area contributed by atoms with Crippen LogP contribution in [0.25, 0.3) is 0 Å². The molecule has 84 valence electrons. The molecule has 1 aromatic rings. The van der Waals surface area contributed by atoms with E-state index in [2.05, 4.69) is 20.0 Å². The molecule has 0 radical (unpaired) electrons. The summed E-state index contributed by atoms with van der Waals surface area (Å²) in [5, 5.41) is 6.26. The Morgan fingerprint density at radius 3 is 3.20 bits per heavy atom. The van der Waals surface area contributed by atoms with Crippen molar-refractivity contribution in [1.82, 2.24) is 15.5 Å². The normalized spacial score (nSPS) is 10.2. The van der Waals surface area contributed by atoms with Crippen molar-refractivity contribution in [2.45, 2.75) is 6.42 Å². The number of carbonyl (C=O) groups is 1. The highest BCUT2D eigenvalue weighted by atomic mass is 16.5. The highest BCUT2D eigenvalue weighted by molar-refractivity contribution is 5.77. The van der Waals surface area contributed by atoms with Crippen molar-refractivity contribution >= 4 is 5.91 Å². The zero-order chi connectivity index (χ0) is 10.9. The lowest BCUT2D eigenvalue weighted by atomic mass is 10.4. The van der Waals surface area contributed by atoms with E-state index in [9.17, 15) is 4.79 Å². The quantitative estimate of drug-likeness (QED) is 0.547. The maximum atomic E-state index is 11.1. The molecule has 0 aliphatic carbocycles. The SMILES string of the molecule is NCCOCC(=O)NCCc1ncon1. The fourth-order valence-electron chi connectivity index (χ4n) is 0.916. The van der Waals surface area contributed by atoms with Gasteiger partial charge in [-0.25, -0.2) is 0 Å². The first-order valence-electron chi connectivity index (χ1n) is 4.62. The van der Waals surface area contributed by atoms with E-state index in [1.54, 1.807) is 0 Å². The summed E-state index contributed by atoms with van der Waals surface area (Å²) in [6, 6.07) is 0. The van der Waals surface area contributed by atoms with Crippen molar-refractivity contribution in [3.63, 3.8) is 0 Å². The molecule has 7 heteroatoms. The second kappa shape index (κ2) is 6.91. The van der Waals surface area contributed by atoms with Crippen LogP contribution < -0.4 is 11.1 Å². The van der Waals surface area contributed by atoms with Crippen LogP contribution in [0.2, 0.25) is 0 Å². The Morgan fingerprint density at radius 2 is 2.53 bits per heavy atom. The lowest BCUT2D eigenvalue weighted by Gasteiger charge is -2.03. The van der Waals surface area contributed by atoms with E-state index >= 15 is 0 Å². The maximum absolute atomic E-state index is 11.1. The molecule has 0 aromatic carbocycles. The Morgan fingerprint density at radius 1 is 1.67 bits per heavy atom. The van der Waals surface area contributed by atoms with Crippen LogP contribution in [0.4, 0.5) is 0 Å². The minimum atomic E-state index is -0.174. The highest BCUT2D eigenvalue weighted by Crippen LogP contribution is 1.87. The van der Waals surface area contributed by atoms with E-state index in [0.717, 1.165) is 0 Å². The summed E-state index contributed by atoms with van der Waals surface area (Å²) in [5.74, 6) is 0.394. The molecular formula is C8H14N4O3. The third kappa shape index (κ3) is 5.08. The Hall–Kier alpha value is -1.47. The zero-order valence-corrected chi connectivity index (χ0v) is 8.31. The molecule has 0 saturated carbocycles. The molecule has 0 saturated heterocycles. The van der Waals surface area contributed by atoms with Gasteiger partial charge >= 0.3 is 0 Å². The van der Waals surface area contributed by atoms with Gasteiger partial charge in [0.25, 0.3) is 0 Å². The fourth-order valence-corrected chi connectivity index (χ4v) is 0.916. The molecule has 0 bridgehead atoms. The molecule has 0 spiro atoms. The van der Waals surface area contributed by atoms with E-state index < -0.39 is 0 Å². The lowest BCUT2D eigenvalue weighted by Crippen LogP contribution is -2.30. The lowest BCUT2D eigenvalue weighted by molar-refractivity contribution is -0.125. The second-order valence-corrected chi connectivity index (χ2v) is 2.79. The molecule has 3 N–H and O–H groups in total. The molecule has 0 fully saturated rings. The van der Waals surface area contributed by atoms with Gasteiger partial charge in [-0.1, -0.05) is 5.16 Å². The summed E-state index contributed by atoms with van der Waals surface area (Å²) >= 11 is 0. The summed E-state index contributed by atoms with van der Waals surface area (Å²) in [6.45, 7) is 1.29. The van der Waals surface area contributed by atoms with Crippen LogP contribution in [0.1, 0.15) is 5.82 Å². The minimum Gasteiger partial charge on any atom is -0.370 e. The molecular weight excluding hydrogens is 200 g/mol. The summed E-state index contributed by atoms with van der Waals surface area (Å²) in [4.78, 5) is 14.9. The predicted molar refractivity (Wildman–Crippen MR) is 50.9 cm³/mol. The standard InChI is InChI=1S/C8H14N4O3/c9-2-4-14-5-8(13)10-3-1-7-11-6-15-12-7/h6H,1-5,9H2,(H,10,13). The van der Waals surface area contributed by atoms with Crippen molar-refractivity contribution < 1.29 is 14.1 Å². The zero-order valence-electron chi connectivity index (χ0n) is 8.31. The molecule has 0 aliphatic heterocycles. The Balaban J connectivity index is 2.02. The van der Waals surface area contributed by atoms with Gasteiger partial charge in [-0.15, -0.1) is 0 Å². The van der Waals surface area contributed by atoms with Crippen molar-refractivity contribution in [3.8, 4) is 0 Å². The molecule has 1 rings (SSSR count). The topological polar surface area (TPSA) is 103 Å². The number of nitrogens with zero attached hydrogens (tertiary/aromatic N) is 2. The third-order valence-electron chi connectivity index (χ3n) is 1.57. The molecule has 0 unspecified atom stereocenters. The molecule has 0 aliphatic rings. The first kappa shape index (κ1) is 11.6. The highest BCUT2D eigenvalue weighted by Gasteiger charge is 2.02. The number of amides is 1. The number of aromatic nitrogens is 2. The van der Waals surface area contributed by atoms with Crippen LogP contribution in [-0.2, 0) is 16.0 Å². The van der Waals surface area contributed by atoms with E-state index in [1.165, 1.54) is 6.39 Å². The molecule has 7 nitrogen and oxygen atoms in total. The van der Waals surface area contributed by atoms with Gasteiger partial charge in [0.2, 0.25) is 12.3 Å². The number of nitrogens with two attached hydrogens (primary N) is 1. The largest absolute Gasteiger partial charge is 0.370 e. The second-order valence-electron chi connectivity index (χ2n) is 2.79. The number of hydrogen-bond acceptors (Lipinski definition) is 6. The van der Waals surface area contributed by atoms with Crippen molar-refractivity contribution in [3.05, 3.63) is 12.2 Å². The molecule has 1 heterocycles. The number of nitrogens with one attached hydrogen (secondary N) is 1. The van der Waals surface area contributed by atoms with Gasteiger partial charge in [-0.3, -0.25) is 4.79 Å². The van der Waals surface area contributed by atoms with Crippen LogP contribution >= 0.6 is 0 Å². The maximum Gasteiger partial charge on any atom is 0.246 e. The van der Waals surface area contributed by atoms with Gasteiger partial charge < -0.3 is 20.3 Å². The molecule has 1 aromatic heterocycles. The Bertz CT molecular complexity index is 275. The van der Waals surface area contributed by atoms with Gasteiger partial charge in [0, 0.05) is 19.5 Å². The van der Waals surface area contributed by atoms with Crippen molar-refractivity contribution in [1.29, 1.82) is 0 Å². The smallest absolute Gasteiger partial charge is 0.246 e. The first-order chi connectivity index (χ1) is 7.33. The Labute approximate surface area is 87.0 Å². The van der Waals surface area contributed by atoms with E-state index in [0.29, 0.717) is 31.9 Å². The van der Waals surface area contributed by atoms with Crippen LogP contribution in [0.3, 0.4) is 0 Å². The summed E-state index contributed by atoms with van der Waals surface area (Å²) in [7, 11) is 0. The fraction of sp³-hybridized carbons (Fsp3) is 0.625. The van der Waals surface area contributed by atoms with E-state index in [4.69, 9.17) is 10.5 Å². The first-order valence-corrected chi connectivity index (χ1v) is 4.62. The Kier molecular flexibility index (Phi) is 5.34.